The van der Waals surface area contributed by atoms with Gasteiger partial charge in [0.2, 0.25) is 0 Å². The topological polar surface area (TPSA) is 102 Å². The van der Waals surface area contributed by atoms with Crippen LogP contribution in [0.1, 0.15) is 162 Å². The number of carbonyl (C=O) groups excluding carboxylic acids is 3. The Labute approximate surface area is 342 Å². The van der Waals surface area contributed by atoms with Crippen molar-refractivity contribution < 1.29 is 38.2 Å². The van der Waals surface area contributed by atoms with Gasteiger partial charge in [-0.15, -0.1) is 0 Å². The molecule has 0 radical (unpaired) electrons. The number of carboxylic acid groups (broad SMARTS) is 1. The molecule has 0 bridgehead atoms. The van der Waals surface area contributed by atoms with Gasteiger partial charge in [0.05, 0.1) is 40.3 Å². The molecule has 0 saturated heterocycles. The summed E-state index contributed by atoms with van der Waals surface area (Å²) in [6, 6.07) is -0.735. The van der Waals surface area contributed by atoms with E-state index in [1.165, 1.54) is 57.8 Å². The summed E-state index contributed by atoms with van der Waals surface area (Å²) >= 11 is 0. The van der Waals surface area contributed by atoms with Gasteiger partial charge in [-0.3, -0.25) is 9.59 Å². The van der Waals surface area contributed by atoms with Crippen molar-refractivity contribution >= 4 is 17.9 Å². The minimum atomic E-state index is -1.13. The third-order valence-electron chi connectivity index (χ3n) is 9.34. The van der Waals surface area contributed by atoms with Crippen LogP contribution >= 0.6 is 0 Å². The largest absolute Gasteiger partial charge is 0.544 e. The summed E-state index contributed by atoms with van der Waals surface area (Å²) in [5.74, 6) is -1.82. The predicted octanol–water partition coefficient (Wildman–Crippen LogP) is 10.6. The maximum atomic E-state index is 12.7. The molecule has 0 aromatic carbocycles. The predicted molar refractivity (Wildman–Crippen MR) is 231 cm³/mol. The third kappa shape index (κ3) is 36.4. The van der Waals surface area contributed by atoms with Crippen LogP contribution in [-0.4, -0.2) is 75.5 Å². The molecule has 0 amide bonds. The number of quaternary nitrogens is 1. The Kier molecular flexibility index (Phi) is 36.4. The molecule has 0 aliphatic heterocycles. The van der Waals surface area contributed by atoms with Crippen molar-refractivity contribution in [3.05, 3.63) is 72.9 Å². The quantitative estimate of drug-likeness (QED) is 0.0266. The SMILES string of the molecule is CC/C=C/C/C=C/C/C=C/CCCCCCCCCCCCCC(=O)OC(COCCC(C(=O)[O-])[N+](C)(C)C)COC(=O)CCC/C=C/C/C=C/C/C=C/CC. The van der Waals surface area contributed by atoms with E-state index in [1.54, 1.807) is 21.1 Å². The Morgan fingerprint density at radius 3 is 1.45 bits per heavy atom. The Morgan fingerprint density at radius 2 is 0.964 bits per heavy atom. The first-order chi connectivity index (χ1) is 27.1. The lowest BCUT2D eigenvalue weighted by molar-refractivity contribution is -0.889. The highest BCUT2D eigenvalue weighted by Crippen LogP contribution is 2.14. The number of esters is 2. The second-order valence-electron chi connectivity index (χ2n) is 15.5. The van der Waals surface area contributed by atoms with E-state index < -0.39 is 18.1 Å². The molecule has 0 saturated carbocycles. The molecule has 0 rings (SSSR count). The molecule has 0 fully saturated rings. The zero-order valence-electron chi connectivity index (χ0n) is 36.3. The van der Waals surface area contributed by atoms with Gasteiger partial charge < -0.3 is 28.6 Å². The molecule has 320 valence electrons. The monoisotopic (exact) mass is 784 g/mol. The van der Waals surface area contributed by atoms with E-state index in [9.17, 15) is 19.5 Å². The summed E-state index contributed by atoms with van der Waals surface area (Å²) in [4.78, 5) is 36.8. The first-order valence-corrected chi connectivity index (χ1v) is 22.0. The second-order valence-corrected chi connectivity index (χ2v) is 15.5. The average Bonchev–Trinajstić information content (AvgIpc) is 3.15. The van der Waals surface area contributed by atoms with Gasteiger partial charge in [-0.25, -0.2) is 0 Å². The van der Waals surface area contributed by atoms with Crippen molar-refractivity contribution in [2.24, 2.45) is 0 Å². The molecule has 0 aromatic rings. The van der Waals surface area contributed by atoms with Crippen molar-refractivity contribution in [3.63, 3.8) is 0 Å². The summed E-state index contributed by atoms with van der Waals surface area (Å²) in [7, 11) is 5.38. The second kappa shape index (κ2) is 38.6. The lowest BCUT2D eigenvalue weighted by Gasteiger charge is -2.34. The van der Waals surface area contributed by atoms with Crippen LogP contribution < -0.4 is 5.11 Å². The normalized spacial score (nSPS) is 13.7. The van der Waals surface area contributed by atoms with E-state index >= 15 is 0 Å². The summed E-state index contributed by atoms with van der Waals surface area (Å²) in [5.41, 5.74) is 0. The number of hydrogen-bond donors (Lipinski definition) is 0. The molecule has 0 aromatic heterocycles. The first kappa shape index (κ1) is 52.8. The van der Waals surface area contributed by atoms with E-state index in [1.807, 2.05) is 0 Å². The van der Waals surface area contributed by atoms with E-state index in [4.69, 9.17) is 14.2 Å². The Morgan fingerprint density at radius 1 is 0.536 bits per heavy atom. The molecule has 8 nitrogen and oxygen atoms in total. The van der Waals surface area contributed by atoms with Crippen molar-refractivity contribution in [2.45, 2.75) is 174 Å². The number of likely N-dealkylation sites (N-methyl/N-ethyl adjacent to an activating group) is 1. The fourth-order valence-electron chi connectivity index (χ4n) is 5.99. The number of carbonyl (C=O) groups is 3. The van der Waals surface area contributed by atoms with Crippen LogP contribution in [0.15, 0.2) is 72.9 Å². The van der Waals surface area contributed by atoms with Crippen LogP contribution in [0.5, 0.6) is 0 Å². The summed E-state index contributed by atoms with van der Waals surface area (Å²) in [6.07, 6.45) is 48.0. The number of hydrogen-bond acceptors (Lipinski definition) is 7. The molecule has 2 unspecified atom stereocenters. The van der Waals surface area contributed by atoms with E-state index in [0.717, 1.165) is 64.2 Å². The maximum absolute atomic E-state index is 12.7. The summed E-state index contributed by atoms with van der Waals surface area (Å²) in [5, 5.41) is 11.6. The van der Waals surface area contributed by atoms with Crippen molar-refractivity contribution in [3.8, 4) is 0 Å². The summed E-state index contributed by atoms with van der Waals surface area (Å²) < 4.78 is 17.1. The molecule has 0 N–H and O–H groups in total. The van der Waals surface area contributed by atoms with Crippen LogP contribution in [0.25, 0.3) is 0 Å². The average molecular weight is 784 g/mol. The van der Waals surface area contributed by atoms with Gasteiger partial charge >= 0.3 is 11.9 Å². The van der Waals surface area contributed by atoms with E-state index in [-0.39, 0.29) is 49.1 Å². The number of unbranched alkanes of at least 4 members (excludes halogenated alkanes) is 12. The molecule has 0 aliphatic rings. The fourth-order valence-corrected chi connectivity index (χ4v) is 5.99. The standard InChI is InChI=1S/C48H81NO7/c1-6-8-10-12-14-16-18-19-20-21-22-23-24-25-26-27-29-31-33-35-37-39-47(51)56-44(42-54-41-40-45(48(52)53)49(3,4)5)43-55-46(50)38-36-34-32-30-28-17-15-13-11-9-7-2/h8-11,14-17,19-20,30,32,44-45H,6-7,12-13,18,21-29,31,33-43H2,1-5H3/b10-8+,11-9+,16-14+,17-15+,20-19+,32-30+. The zero-order valence-corrected chi connectivity index (χ0v) is 36.3. The molecular formula is C48H81NO7. The summed E-state index contributed by atoms with van der Waals surface area (Å²) in [6.45, 7) is 4.36. The van der Waals surface area contributed by atoms with Gasteiger partial charge in [-0.1, -0.05) is 145 Å². The first-order valence-electron chi connectivity index (χ1n) is 22.0. The van der Waals surface area contributed by atoms with Gasteiger partial charge in [0.25, 0.3) is 0 Å². The Balaban J connectivity index is 4.32. The van der Waals surface area contributed by atoms with Crippen molar-refractivity contribution in [1.82, 2.24) is 0 Å². The number of allylic oxidation sites excluding steroid dienone is 12. The third-order valence-corrected chi connectivity index (χ3v) is 9.34. The van der Waals surface area contributed by atoms with Crippen molar-refractivity contribution in [2.75, 3.05) is 41.0 Å². The van der Waals surface area contributed by atoms with Crippen LogP contribution in [0.4, 0.5) is 0 Å². The lowest BCUT2D eigenvalue weighted by atomic mass is 10.0. The highest BCUT2D eigenvalue weighted by atomic mass is 16.6. The molecule has 0 heterocycles. The van der Waals surface area contributed by atoms with Crippen LogP contribution in [0.3, 0.4) is 0 Å². The molecule has 2 atom stereocenters. The number of ether oxygens (including phenoxy) is 3. The number of nitrogens with zero attached hydrogens (tertiary/aromatic N) is 1. The molecular weight excluding hydrogens is 703 g/mol. The van der Waals surface area contributed by atoms with E-state index in [2.05, 4.69) is 86.8 Å². The highest BCUT2D eigenvalue weighted by Gasteiger charge is 2.25. The van der Waals surface area contributed by atoms with Gasteiger partial charge in [-0.2, -0.15) is 0 Å². The molecule has 0 aliphatic carbocycles. The minimum Gasteiger partial charge on any atom is -0.544 e. The Hall–Kier alpha value is -3.23. The van der Waals surface area contributed by atoms with Gasteiger partial charge in [0.15, 0.2) is 6.10 Å². The van der Waals surface area contributed by atoms with Crippen LogP contribution in [0, 0.1) is 0 Å². The van der Waals surface area contributed by atoms with Crippen molar-refractivity contribution in [1.29, 1.82) is 0 Å². The smallest absolute Gasteiger partial charge is 0.306 e. The minimum absolute atomic E-state index is 0.0207. The molecule has 0 spiro atoms. The molecule has 56 heavy (non-hydrogen) atoms. The maximum Gasteiger partial charge on any atom is 0.306 e. The Bertz CT molecular complexity index is 1140. The lowest BCUT2D eigenvalue weighted by Crippen LogP contribution is -2.55. The number of rotatable bonds is 38. The fraction of sp³-hybridized carbons (Fsp3) is 0.688. The highest BCUT2D eigenvalue weighted by molar-refractivity contribution is 5.70. The molecule has 8 heteroatoms. The van der Waals surface area contributed by atoms with E-state index in [0.29, 0.717) is 12.8 Å². The van der Waals surface area contributed by atoms with Gasteiger partial charge in [0.1, 0.15) is 12.6 Å². The zero-order chi connectivity index (χ0) is 41.4. The van der Waals surface area contributed by atoms with Gasteiger partial charge in [-0.05, 0) is 70.6 Å². The number of aliphatic carboxylic acids is 1. The number of carboxylic acids is 1. The van der Waals surface area contributed by atoms with Crippen LogP contribution in [-0.2, 0) is 28.6 Å². The van der Waals surface area contributed by atoms with Crippen LogP contribution in [0.2, 0.25) is 0 Å². The van der Waals surface area contributed by atoms with Gasteiger partial charge in [0, 0.05) is 19.3 Å².